The minimum absolute atomic E-state index is 0.456. The summed E-state index contributed by atoms with van der Waals surface area (Å²) in [5, 5.41) is 11.8. The van der Waals surface area contributed by atoms with Crippen LogP contribution in [0.15, 0.2) is 182 Å². The third-order valence-electron chi connectivity index (χ3n) is 11.1. The van der Waals surface area contributed by atoms with Crippen molar-refractivity contribution in [2.24, 2.45) is 0 Å². The molecule has 0 aliphatic heterocycles. The van der Waals surface area contributed by atoms with Crippen LogP contribution in [0.5, 0.6) is 0 Å². The highest BCUT2D eigenvalue weighted by Gasteiger charge is 2.45. The van der Waals surface area contributed by atoms with Gasteiger partial charge in [-0.2, -0.15) is 0 Å². The number of fused-ring (bicyclic) bond motifs is 3. The maximum absolute atomic E-state index is 2.54. The zero-order valence-electron chi connectivity index (χ0n) is 27.2. The van der Waals surface area contributed by atoms with Crippen LogP contribution >= 0.6 is 11.3 Å². The van der Waals surface area contributed by atoms with Gasteiger partial charge in [-0.25, -0.2) is 0 Å². The van der Waals surface area contributed by atoms with Gasteiger partial charge in [0.15, 0.2) is 0 Å². The van der Waals surface area contributed by atoms with E-state index in [1.165, 1.54) is 97.0 Å². The molecule has 0 amide bonds. The van der Waals surface area contributed by atoms with E-state index in [2.05, 4.69) is 182 Å². The van der Waals surface area contributed by atoms with E-state index in [0.717, 1.165) is 0 Å². The molecule has 0 atom stereocenters. The smallest absolute Gasteiger partial charge is 0.0714 e. The lowest BCUT2D eigenvalue weighted by Gasteiger charge is -2.34. The molecular weight excluding hydrogens is 621 g/mol. The van der Waals surface area contributed by atoms with Crippen molar-refractivity contribution >= 4 is 64.5 Å². The first-order valence-electron chi connectivity index (χ1n) is 17.3. The molecule has 0 N–H and O–H groups in total. The van der Waals surface area contributed by atoms with Crippen molar-refractivity contribution in [2.45, 2.75) is 5.41 Å². The van der Waals surface area contributed by atoms with E-state index in [0.29, 0.717) is 0 Å². The number of benzene rings is 9. The highest BCUT2D eigenvalue weighted by Crippen LogP contribution is 2.57. The molecule has 0 saturated heterocycles. The molecule has 0 bridgehead atoms. The third-order valence-corrected chi connectivity index (χ3v) is 12.2. The van der Waals surface area contributed by atoms with Crippen LogP contribution in [0.3, 0.4) is 0 Å². The molecule has 0 unspecified atom stereocenters. The number of hydrogen-bond acceptors (Lipinski definition) is 1. The summed E-state index contributed by atoms with van der Waals surface area (Å²) in [5.41, 5.74) is 8.73. The molecule has 50 heavy (non-hydrogen) atoms. The zero-order valence-corrected chi connectivity index (χ0v) is 28.0. The van der Waals surface area contributed by atoms with Crippen molar-refractivity contribution in [2.75, 3.05) is 0 Å². The molecule has 0 spiro atoms. The van der Waals surface area contributed by atoms with Gasteiger partial charge in [0.05, 0.1) is 5.41 Å². The molecule has 0 radical (unpaired) electrons. The molecule has 9 aromatic carbocycles. The Balaban J connectivity index is 1.29. The molecule has 1 aliphatic rings. The van der Waals surface area contributed by atoms with Gasteiger partial charge in [0.25, 0.3) is 0 Å². The molecule has 11 rings (SSSR count). The quantitative estimate of drug-likeness (QED) is 0.131. The minimum atomic E-state index is -0.456. The van der Waals surface area contributed by atoms with Gasteiger partial charge in [0.1, 0.15) is 0 Å². The van der Waals surface area contributed by atoms with Crippen LogP contribution < -0.4 is 0 Å². The van der Waals surface area contributed by atoms with Gasteiger partial charge in [-0.3, -0.25) is 0 Å². The van der Waals surface area contributed by atoms with Crippen LogP contribution in [0.1, 0.15) is 22.3 Å². The van der Waals surface area contributed by atoms with Crippen LogP contribution in [0.25, 0.3) is 74.7 Å². The standard InChI is InChI=1S/C49H30S/c1-3-16-35(17-4-1)49(36-18-5-2-6-19-36)41-24-13-15-31-26-27-33-28-34(29-42(49)47(33)46(31)41)45-37-20-8-10-22-39(37)48(40-23-11-9-21-38(40)45)44-30-32-14-7-12-25-43(32)50-44/h1-30H. The van der Waals surface area contributed by atoms with Crippen LogP contribution in [0, 0.1) is 0 Å². The molecule has 0 fully saturated rings. The number of hydrogen-bond donors (Lipinski definition) is 0. The van der Waals surface area contributed by atoms with Gasteiger partial charge < -0.3 is 0 Å². The Labute approximate surface area is 294 Å². The first-order chi connectivity index (χ1) is 24.8. The first kappa shape index (κ1) is 27.9. The van der Waals surface area contributed by atoms with E-state index in [1.54, 1.807) is 0 Å². The van der Waals surface area contributed by atoms with Crippen molar-refractivity contribution in [1.82, 2.24) is 0 Å². The van der Waals surface area contributed by atoms with Gasteiger partial charge in [-0.05, 0) is 106 Å². The van der Waals surface area contributed by atoms with Gasteiger partial charge >= 0.3 is 0 Å². The second-order valence-corrected chi connectivity index (χ2v) is 14.6. The second-order valence-electron chi connectivity index (χ2n) is 13.6. The summed E-state index contributed by atoms with van der Waals surface area (Å²) in [4.78, 5) is 1.31. The SMILES string of the molecule is c1ccc(C2(c3ccccc3)c3cccc4ccc5cc(-c6c7ccccc7c(-c7cc8ccccc8s7)c7ccccc67)cc2c5c34)cc1. The topological polar surface area (TPSA) is 0 Å². The number of thiophene rings is 1. The lowest BCUT2D eigenvalue weighted by atomic mass is 9.67. The summed E-state index contributed by atoms with van der Waals surface area (Å²) in [7, 11) is 0. The molecule has 0 saturated carbocycles. The van der Waals surface area contributed by atoms with E-state index >= 15 is 0 Å². The van der Waals surface area contributed by atoms with Crippen LogP contribution in [0.2, 0.25) is 0 Å². The summed E-state index contributed by atoms with van der Waals surface area (Å²) >= 11 is 1.89. The maximum Gasteiger partial charge on any atom is 0.0714 e. The largest absolute Gasteiger partial charge is 0.135 e. The van der Waals surface area contributed by atoms with Gasteiger partial charge in [-0.15, -0.1) is 11.3 Å². The molecular formula is C49H30S. The maximum atomic E-state index is 2.54. The predicted molar refractivity (Wildman–Crippen MR) is 215 cm³/mol. The zero-order chi connectivity index (χ0) is 32.8. The Morgan fingerprint density at radius 2 is 0.900 bits per heavy atom. The number of rotatable bonds is 4. The summed E-state index contributed by atoms with van der Waals surface area (Å²) < 4.78 is 1.32. The molecule has 1 heterocycles. The molecule has 10 aromatic rings. The summed E-state index contributed by atoms with van der Waals surface area (Å²) in [5.74, 6) is 0. The van der Waals surface area contributed by atoms with Gasteiger partial charge in [0, 0.05) is 15.1 Å². The fraction of sp³-hybridized carbons (Fsp3) is 0.0204. The fourth-order valence-electron chi connectivity index (χ4n) is 9.12. The fourth-order valence-corrected chi connectivity index (χ4v) is 10.3. The molecule has 1 aliphatic carbocycles. The predicted octanol–water partition coefficient (Wildman–Crippen LogP) is 13.5. The monoisotopic (exact) mass is 650 g/mol. The Morgan fingerprint density at radius 3 is 1.56 bits per heavy atom. The van der Waals surface area contributed by atoms with Crippen molar-refractivity contribution in [3.8, 4) is 21.6 Å². The van der Waals surface area contributed by atoms with E-state index in [1.807, 2.05) is 11.3 Å². The summed E-state index contributed by atoms with van der Waals surface area (Å²) in [6.45, 7) is 0. The van der Waals surface area contributed by atoms with Gasteiger partial charge in [0.2, 0.25) is 0 Å². The Bertz CT molecular complexity index is 2840. The molecule has 1 aromatic heterocycles. The third kappa shape index (κ3) is 3.70. The Kier molecular flexibility index (Phi) is 5.85. The second kappa shape index (κ2) is 10.5. The van der Waals surface area contributed by atoms with E-state index in [-0.39, 0.29) is 0 Å². The lowest BCUT2D eigenvalue weighted by molar-refractivity contribution is 0.772. The normalized spacial score (nSPS) is 13.4. The highest BCUT2D eigenvalue weighted by molar-refractivity contribution is 7.22. The average Bonchev–Trinajstić information content (AvgIpc) is 3.75. The molecule has 0 nitrogen and oxygen atoms in total. The van der Waals surface area contributed by atoms with E-state index < -0.39 is 5.41 Å². The van der Waals surface area contributed by atoms with Crippen LogP contribution in [0.4, 0.5) is 0 Å². The van der Waals surface area contributed by atoms with Crippen LogP contribution in [-0.4, -0.2) is 0 Å². The van der Waals surface area contributed by atoms with Gasteiger partial charge in [-0.1, -0.05) is 158 Å². The van der Waals surface area contributed by atoms with Crippen LogP contribution in [-0.2, 0) is 5.41 Å². The Hall–Kier alpha value is -6.02. The minimum Gasteiger partial charge on any atom is -0.135 e. The van der Waals surface area contributed by atoms with Crippen molar-refractivity contribution in [1.29, 1.82) is 0 Å². The average molecular weight is 651 g/mol. The highest BCUT2D eigenvalue weighted by atomic mass is 32.1. The Morgan fingerprint density at radius 1 is 0.360 bits per heavy atom. The lowest BCUT2D eigenvalue weighted by Crippen LogP contribution is -2.28. The molecule has 232 valence electrons. The van der Waals surface area contributed by atoms with E-state index in [4.69, 9.17) is 0 Å². The summed E-state index contributed by atoms with van der Waals surface area (Å²) in [6.07, 6.45) is 0. The first-order valence-corrected chi connectivity index (χ1v) is 18.2. The van der Waals surface area contributed by atoms with Crippen molar-refractivity contribution < 1.29 is 0 Å². The molecule has 1 heteroatoms. The van der Waals surface area contributed by atoms with E-state index in [9.17, 15) is 0 Å². The van der Waals surface area contributed by atoms with Crippen molar-refractivity contribution in [3.63, 3.8) is 0 Å². The van der Waals surface area contributed by atoms with Crippen molar-refractivity contribution in [3.05, 3.63) is 204 Å². The summed E-state index contributed by atoms with van der Waals surface area (Å²) in [6, 6.07) is 68.1.